The van der Waals surface area contributed by atoms with Crippen LogP contribution in [-0.2, 0) is 24.2 Å². The molecule has 5 aromatic rings. The molecule has 6 heteroatoms. The predicted octanol–water partition coefficient (Wildman–Crippen LogP) is 7.13. The molecule has 0 saturated carbocycles. The van der Waals surface area contributed by atoms with Crippen LogP contribution in [0.1, 0.15) is 29.9 Å². The summed E-state index contributed by atoms with van der Waals surface area (Å²) in [5.74, 6) is 0.0167. The monoisotopic (exact) mass is 497 g/mol. The van der Waals surface area contributed by atoms with E-state index in [9.17, 15) is 4.79 Å². The third kappa shape index (κ3) is 4.27. The van der Waals surface area contributed by atoms with Gasteiger partial charge >= 0.3 is 0 Å². The zero-order valence-corrected chi connectivity index (χ0v) is 21.5. The maximum absolute atomic E-state index is 13.3. The molecule has 2 aromatic heterocycles. The summed E-state index contributed by atoms with van der Waals surface area (Å²) in [4.78, 5) is 22.2. The van der Waals surface area contributed by atoms with Crippen molar-refractivity contribution < 1.29 is 4.79 Å². The smallest absolute Gasteiger partial charge is 0.229 e. The summed E-state index contributed by atoms with van der Waals surface area (Å²) in [6.45, 7) is 6.46. The van der Waals surface area contributed by atoms with Crippen molar-refractivity contribution in [3.05, 3.63) is 82.7 Å². The number of hydrogen-bond donors (Lipinski definition) is 1. The molecule has 0 atom stereocenters. The maximum atomic E-state index is 13.3. The lowest BCUT2D eigenvalue weighted by atomic mass is 10.0. The molecule has 1 aliphatic heterocycles. The number of rotatable bonds is 5. The van der Waals surface area contributed by atoms with Gasteiger partial charge in [-0.1, -0.05) is 54.6 Å². The fourth-order valence-electron chi connectivity index (χ4n) is 4.95. The summed E-state index contributed by atoms with van der Waals surface area (Å²) in [5, 5.41) is 7.53. The van der Waals surface area contributed by atoms with E-state index in [2.05, 4.69) is 66.5 Å². The second-order valence-corrected chi connectivity index (χ2v) is 11.5. The van der Waals surface area contributed by atoms with Gasteiger partial charge in [0.2, 0.25) is 5.91 Å². The fraction of sp³-hybridized carbons (Fsp3) is 0.241. The Balaban J connectivity index is 1.37. The van der Waals surface area contributed by atoms with Gasteiger partial charge in [0.25, 0.3) is 0 Å². The van der Waals surface area contributed by atoms with Crippen LogP contribution in [0.2, 0.25) is 0 Å². The molecule has 0 bridgehead atoms. The van der Waals surface area contributed by atoms with Crippen LogP contribution in [0.15, 0.2) is 66.7 Å². The van der Waals surface area contributed by atoms with Crippen molar-refractivity contribution in [2.45, 2.75) is 39.3 Å². The highest BCUT2D eigenvalue weighted by atomic mass is 32.1. The summed E-state index contributed by atoms with van der Waals surface area (Å²) in [7, 11) is 0. The molecule has 4 nitrogen and oxygen atoms in total. The average molecular weight is 498 g/mol. The number of fused-ring (bicyclic) bond motifs is 3. The maximum Gasteiger partial charge on any atom is 0.229 e. The molecule has 3 heterocycles. The van der Waals surface area contributed by atoms with Gasteiger partial charge < -0.3 is 5.32 Å². The second-order valence-electron chi connectivity index (χ2n) is 9.37. The Bertz CT molecular complexity index is 1510. The molecular formula is C29H27N3OS2. The molecule has 0 unspecified atom stereocenters. The number of nitrogens with one attached hydrogen (secondary N) is 1. The van der Waals surface area contributed by atoms with Crippen LogP contribution in [-0.4, -0.2) is 28.4 Å². The zero-order valence-electron chi connectivity index (χ0n) is 19.9. The van der Waals surface area contributed by atoms with Crippen molar-refractivity contribution in [1.82, 2.24) is 9.88 Å². The van der Waals surface area contributed by atoms with Gasteiger partial charge in [-0.3, -0.25) is 9.69 Å². The summed E-state index contributed by atoms with van der Waals surface area (Å²) in [6.07, 6.45) is 1.33. The molecule has 0 radical (unpaired) electrons. The minimum absolute atomic E-state index is 0.0167. The Hall–Kier alpha value is -3.06. The van der Waals surface area contributed by atoms with Crippen LogP contribution in [0.3, 0.4) is 0 Å². The lowest BCUT2D eigenvalue weighted by Gasteiger charge is -2.30. The van der Waals surface area contributed by atoms with Crippen molar-refractivity contribution in [2.75, 3.05) is 11.9 Å². The summed E-state index contributed by atoms with van der Waals surface area (Å²) < 4.78 is 1.18. The Morgan fingerprint density at radius 3 is 2.69 bits per heavy atom. The van der Waals surface area contributed by atoms with Crippen molar-refractivity contribution in [1.29, 1.82) is 0 Å². The number of carbonyl (C=O) groups is 1. The summed E-state index contributed by atoms with van der Waals surface area (Å²) in [6, 6.07) is 23.2. The largest absolute Gasteiger partial charge is 0.317 e. The van der Waals surface area contributed by atoms with Crippen molar-refractivity contribution in [3.8, 4) is 10.6 Å². The van der Waals surface area contributed by atoms with E-state index in [0.29, 0.717) is 12.5 Å². The Labute approximate surface area is 213 Å². The van der Waals surface area contributed by atoms with Crippen LogP contribution in [0, 0.1) is 0 Å². The number of nitrogens with zero attached hydrogens (tertiary/aromatic N) is 2. The Kier molecular flexibility index (Phi) is 5.88. The molecule has 0 aliphatic carbocycles. The number of carbonyl (C=O) groups excluding carboxylic acids is 1. The van der Waals surface area contributed by atoms with E-state index in [4.69, 9.17) is 4.98 Å². The van der Waals surface area contributed by atoms with Crippen LogP contribution in [0.5, 0.6) is 0 Å². The van der Waals surface area contributed by atoms with Crippen LogP contribution < -0.4 is 5.32 Å². The molecule has 0 spiro atoms. The highest BCUT2D eigenvalue weighted by Gasteiger charge is 2.28. The molecule has 176 valence electrons. The first-order chi connectivity index (χ1) is 17.1. The number of thiophene rings is 1. The Morgan fingerprint density at radius 1 is 1.03 bits per heavy atom. The molecule has 1 amide bonds. The lowest BCUT2D eigenvalue weighted by Crippen LogP contribution is -2.35. The van der Waals surface area contributed by atoms with Gasteiger partial charge in [-0.2, -0.15) is 0 Å². The molecular weight excluding hydrogens is 470 g/mol. The fourth-order valence-corrected chi connectivity index (χ4v) is 7.35. The SMILES string of the molecule is CC(C)N1CCc2c(sc(NC(=O)Cc3cccc4ccccc34)c2-c2nc3ccccc3s2)C1. The van der Waals surface area contributed by atoms with E-state index in [-0.39, 0.29) is 5.91 Å². The van der Waals surface area contributed by atoms with Gasteiger partial charge in [-0.25, -0.2) is 4.98 Å². The van der Waals surface area contributed by atoms with Crippen LogP contribution in [0.25, 0.3) is 31.6 Å². The number of para-hydroxylation sites is 1. The molecule has 3 aromatic carbocycles. The number of benzene rings is 3. The van der Waals surface area contributed by atoms with Gasteiger partial charge in [0.15, 0.2) is 0 Å². The lowest BCUT2D eigenvalue weighted by molar-refractivity contribution is -0.115. The molecule has 1 aliphatic rings. The van der Waals surface area contributed by atoms with Crippen molar-refractivity contribution in [3.63, 3.8) is 0 Å². The number of anilines is 1. The molecule has 35 heavy (non-hydrogen) atoms. The van der Waals surface area contributed by atoms with E-state index >= 15 is 0 Å². The molecule has 0 saturated heterocycles. The minimum atomic E-state index is 0.0167. The standard InChI is InChI=1S/C29H27N3OS2/c1-18(2)32-15-14-22-25(17-32)35-29(27(22)28-30-23-12-5-6-13-24(23)34-28)31-26(33)16-20-10-7-9-19-8-3-4-11-21(19)20/h3-13,18H,14-17H2,1-2H3,(H,31,33). The first-order valence-electron chi connectivity index (χ1n) is 12.1. The zero-order chi connectivity index (χ0) is 23.9. The number of aromatic nitrogens is 1. The second kappa shape index (κ2) is 9.19. The molecule has 6 rings (SSSR count). The third-order valence-electron chi connectivity index (χ3n) is 6.81. The van der Waals surface area contributed by atoms with Gasteiger partial charge in [-0.05, 0) is 54.3 Å². The molecule has 1 N–H and O–H groups in total. The van der Waals surface area contributed by atoms with Crippen LogP contribution in [0.4, 0.5) is 5.00 Å². The normalized spacial score (nSPS) is 14.0. The van der Waals surface area contributed by atoms with Gasteiger partial charge in [0.1, 0.15) is 10.0 Å². The minimum Gasteiger partial charge on any atom is -0.317 e. The van der Waals surface area contributed by atoms with E-state index in [0.717, 1.165) is 56.9 Å². The summed E-state index contributed by atoms with van der Waals surface area (Å²) >= 11 is 3.44. The highest BCUT2D eigenvalue weighted by Crippen LogP contribution is 2.46. The van der Waals surface area contributed by atoms with Gasteiger partial charge in [0.05, 0.1) is 16.6 Å². The highest BCUT2D eigenvalue weighted by molar-refractivity contribution is 7.22. The Morgan fingerprint density at radius 2 is 1.83 bits per heavy atom. The number of thiazole rings is 1. The van der Waals surface area contributed by atoms with E-state index in [1.807, 2.05) is 24.3 Å². The van der Waals surface area contributed by atoms with E-state index in [1.165, 1.54) is 15.1 Å². The first-order valence-corrected chi connectivity index (χ1v) is 13.7. The van der Waals surface area contributed by atoms with Gasteiger partial charge in [0, 0.05) is 29.6 Å². The van der Waals surface area contributed by atoms with Gasteiger partial charge in [-0.15, -0.1) is 22.7 Å². The topological polar surface area (TPSA) is 45.2 Å². The predicted molar refractivity (Wildman–Crippen MR) is 148 cm³/mol. The van der Waals surface area contributed by atoms with Crippen molar-refractivity contribution in [2.24, 2.45) is 0 Å². The average Bonchev–Trinajstić information content (AvgIpc) is 3.44. The quantitative estimate of drug-likeness (QED) is 0.281. The van der Waals surface area contributed by atoms with E-state index < -0.39 is 0 Å². The third-order valence-corrected chi connectivity index (χ3v) is 8.99. The first kappa shape index (κ1) is 22.4. The van der Waals surface area contributed by atoms with Crippen LogP contribution >= 0.6 is 22.7 Å². The number of amides is 1. The molecule has 0 fully saturated rings. The van der Waals surface area contributed by atoms with E-state index in [1.54, 1.807) is 22.7 Å². The summed E-state index contributed by atoms with van der Waals surface area (Å²) in [5.41, 5.74) is 4.54. The number of hydrogen-bond acceptors (Lipinski definition) is 5. The van der Waals surface area contributed by atoms with Crippen molar-refractivity contribution >= 4 is 54.6 Å².